The second-order valence-corrected chi connectivity index (χ2v) is 3.92. The van der Waals surface area contributed by atoms with Crippen LogP contribution in [0.3, 0.4) is 0 Å². The topological polar surface area (TPSA) is 58.9 Å². The van der Waals surface area contributed by atoms with E-state index in [2.05, 4.69) is 4.98 Å². The third-order valence-electron chi connectivity index (χ3n) is 2.28. The lowest BCUT2D eigenvalue weighted by molar-refractivity contribution is 1.05. The van der Waals surface area contributed by atoms with Gasteiger partial charge in [0.25, 0.3) is 0 Å². The van der Waals surface area contributed by atoms with Crippen LogP contribution in [0.25, 0.3) is 11.3 Å². The van der Waals surface area contributed by atoms with Crippen molar-refractivity contribution >= 4 is 11.6 Å². The average Bonchev–Trinajstić information content (AvgIpc) is 2.28. The Morgan fingerprint density at radius 3 is 2.75 bits per heavy atom. The molecule has 4 heteroatoms. The Hall–Kier alpha value is -1.58. The van der Waals surface area contributed by atoms with Crippen LogP contribution in [0.15, 0.2) is 41.2 Å². The van der Waals surface area contributed by atoms with Gasteiger partial charge in [0.1, 0.15) is 0 Å². The number of benzene rings is 1. The second-order valence-electron chi connectivity index (χ2n) is 3.48. The van der Waals surface area contributed by atoms with Gasteiger partial charge in [-0.25, -0.2) is 0 Å². The summed E-state index contributed by atoms with van der Waals surface area (Å²) in [5.41, 5.74) is 7.77. The van der Waals surface area contributed by atoms with E-state index in [1.165, 1.54) is 6.07 Å². The lowest BCUT2D eigenvalue weighted by Gasteiger charge is -2.04. The molecule has 0 amide bonds. The number of pyridine rings is 1. The predicted octanol–water partition coefficient (Wildman–Crippen LogP) is 2.15. The molecule has 1 aromatic heterocycles. The quantitative estimate of drug-likeness (QED) is 0.837. The molecule has 0 aliphatic carbocycles. The highest BCUT2D eigenvalue weighted by molar-refractivity contribution is 6.30. The summed E-state index contributed by atoms with van der Waals surface area (Å²) in [5, 5.41) is 0.636. The van der Waals surface area contributed by atoms with Crippen molar-refractivity contribution < 1.29 is 0 Å². The molecule has 1 heterocycles. The fraction of sp³-hybridized carbons (Fsp3) is 0.0833. The Balaban J connectivity index is 2.55. The van der Waals surface area contributed by atoms with Crippen LogP contribution in [0.4, 0.5) is 0 Å². The summed E-state index contributed by atoms with van der Waals surface area (Å²) in [6, 6.07) is 10.7. The summed E-state index contributed by atoms with van der Waals surface area (Å²) in [6.07, 6.45) is 0. The predicted molar refractivity (Wildman–Crippen MR) is 65.4 cm³/mol. The molecule has 3 N–H and O–H groups in total. The van der Waals surface area contributed by atoms with Gasteiger partial charge in [0.15, 0.2) is 0 Å². The molecule has 0 aliphatic heterocycles. The molecular weight excluding hydrogens is 224 g/mol. The molecule has 0 fully saturated rings. The summed E-state index contributed by atoms with van der Waals surface area (Å²) < 4.78 is 0. The number of hydrogen-bond donors (Lipinski definition) is 2. The number of aromatic amines is 1. The first kappa shape index (κ1) is 10.9. The summed E-state index contributed by atoms with van der Waals surface area (Å²) in [6.45, 7) is 0.345. The molecule has 0 unspecified atom stereocenters. The number of rotatable bonds is 2. The minimum Gasteiger partial charge on any atom is -0.326 e. The van der Waals surface area contributed by atoms with Crippen molar-refractivity contribution in [3.63, 3.8) is 0 Å². The maximum Gasteiger partial charge on any atom is 0.248 e. The van der Waals surface area contributed by atoms with E-state index in [4.69, 9.17) is 17.3 Å². The third-order valence-corrected chi connectivity index (χ3v) is 2.51. The molecule has 0 atom stereocenters. The fourth-order valence-electron chi connectivity index (χ4n) is 1.53. The minimum atomic E-state index is -0.155. The van der Waals surface area contributed by atoms with Crippen LogP contribution in [0, 0.1) is 0 Å². The Bertz CT molecular complexity index is 563. The molecule has 3 nitrogen and oxygen atoms in total. The monoisotopic (exact) mass is 234 g/mol. The van der Waals surface area contributed by atoms with Crippen molar-refractivity contribution in [3.05, 3.63) is 57.3 Å². The van der Waals surface area contributed by atoms with Crippen LogP contribution in [0.5, 0.6) is 0 Å². The van der Waals surface area contributed by atoms with E-state index in [1.54, 1.807) is 12.1 Å². The first-order valence-electron chi connectivity index (χ1n) is 4.88. The fourth-order valence-corrected chi connectivity index (χ4v) is 1.72. The van der Waals surface area contributed by atoms with Gasteiger partial charge in [-0.2, -0.15) is 0 Å². The maximum absolute atomic E-state index is 11.4. The maximum atomic E-state index is 11.4. The van der Waals surface area contributed by atoms with Gasteiger partial charge in [-0.1, -0.05) is 23.7 Å². The van der Waals surface area contributed by atoms with E-state index in [0.717, 1.165) is 16.8 Å². The van der Waals surface area contributed by atoms with Crippen molar-refractivity contribution in [2.24, 2.45) is 5.73 Å². The zero-order chi connectivity index (χ0) is 11.5. The van der Waals surface area contributed by atoms with Gasteiger partial charge in [0.05, 0.1) is 0 Å². The zero-order valence-corrected chi connectivity index (χ0v) is 9.29. The molecule has 0 spiro atoms. The Labute approximate surface area is 97.9 Å². The van der Waals surface area contributed by atoms with Gasteiger partial charge < -0.3 is 10.7 Å². The molecule has 82 valence electrons. The molecule has 1 aromatic carbocycles. The lowest BCUT2D eigenvalue weighted by atomic mass is 10.1. The summed E-state index contributed by atoms with van der Waals surface area (Å²) in [4.78, 5) is 14.1. The van der Waals surface area contributed by atoms with E-state index < -0.39 is 0 Å². The zero-order valence-electron chi connectivity index (χ0n) is 8.53. The molecule has 16 heavy (non-hydrogen) atoms. The Kier molecular flexibility index (Phi) is 3.08. The van der Waals surface area contributed by atoms with Crippen molar-refractivity contribution in [1.82, 2.24) is 4.98 Å². The Morgan fingerprint density at radius 2 is 2.06 bits per heavy atom. The van der Waals surface area contributed by atoms with Crippen LogP contribution < -0.4 is 11.3 Å². The highest BCUT2D eigenvalue weighted by Crippen LogP contribution is 2.20. The smallest absolute Gasteiger partial charge is 0.248 e. The van der Waals surface area contributed by atoms with Crippen molar-refractivity contribution in [2.45, 2.75) is 6.54 Å². The van der Waals surface area contributed by atoms with Crippen LogP contribution in [-0.2, 0) is 6.54 Å². The van der Waals surface area contributed by atoms with E-state index in [-0.39, 0.29) is 5.56 Å². The Morgan fingerprint density at radius 1 is 1.25 bits per heavy atom. The van der Waals surface area contributed by atoms with Gasteiger partial charge in [0.2, 0.25) is 5.56 Å². The molecule has 0 saturated heterocycles. The number of nitrogens with two attached hydrogens (primary N) is 1. The minimum absolute atomic E-state index is 0.155. The standard InChI is InChI=1S/C12H11ClN2O/c13-10-3-1-2-9(6-10)11-4-8(7-14)5-12(16)15-11/h1-6H,7,14H2,(H,15,16). The summed E-state index contributed by atoms with van der Waals surface area (Å²) >= 11 is 5.89. The molecule has 2 rings (SSSR count). The normalized spacial score (nSPS) is 10.4. The number of nitrogens with one attached hydrogen (secondary N) is 1. The van der Waals surface area contributed by atoms with Gasteiger partial charge in [-0.3, -0.25) is 4.79 Å². The largest absolute Gasteiger partial charge is 0.326 e. The van der Waals surface area contributed by atoms with Gasteiger partial charge in [-0.15, -0.1) is 0 Å². The first-order valence-corrected chi connectivity index (χ1v) is 5.26. The van der Waals surface area contributed by atoms with Gasteiger partial charge in [0, 0.05) is 23.3 Å². The molecule has 0 aliphatic rings. The number of aromatic nitrogens is 1. The SMILES string of the molecule is NCc1cc(-c2cccc(Cl)c2)[nH]c(=O)c1. The van der Waals surface area contributed by atoms with Crippen molar-refractivity contribution in [3.8, 4) is 11.3 Å². The average molecular weight is 235 g/mol. The molecule has 0 radical (unpaired) electrons. The van der Waals surface area contributed by atoms with Crippen LogP contribution in [0.1, 0.15) is 5.56 Å². The molecule has 0 bridgehead atoms. The van der Waals surface area contributed by atoms with E-state index in [9.17, 15) is 4.79 Å². The van der Waals surface area contributed by atoms with E-state index >= 15 is 0 Å². The number of halogens is 1. The lowest BCUT2D eigenvalue weighted by Crippen LogP contribution is -2.09. The van der Waals surface area contributed by atoms with Gasteiger partial charge in [-0.05, 0) is 29.3 Å². The van der Waals surface area contributed by atoms with Crippen molar-refractivity contribution in [1.29, 1.82) is 0 Å². The molecular formula is C12H11ClN2O. The van der Waals surface area contributed by atoms with Crippen LogP contribution in [0.2, 0.25) is 5.02 Å². The number of hydrogen-bond acceptors (Lipinski definition) is 2. The van der Waals surface area contributed by atoms with Crippen LogP contribution in [-0.4, -0.2) is 4.98 Å². The second kappa shape index (κ2) is 4.51. The molecule has 2 aromatic rings. The third kappa shape index (κ3) is 2.32. The highest BCUT2D eigenvalue weighted by Gasteiger charge is 2.01. The van der Waals surface area contributed by atoms with E-state index in [0.29, 0.717) is 11.6 Å². The van der Waals surface area contributed by atoms with Crippen LogP contribution >= 0.6 is 11.6 Å². The highest BCUT2D eigenvalue weighted by atomic mass is 35.5. The van der Waals surface area contributed by atoms with Gasteiger partial charge >= 0.3 is 0 Å². The first-order chi connectivity index (χ1) is 7.69. The van der Waals surface area contributed by atoms with Crippen molar-refractivity contribution in [2.75, 3.05) is 0 Å². The molecule has 0 saturated carbocycles. The van der Waals surface area contributed by atoms with E-state index in [1.807, 2.05) is 18.2 Å². The number of H-pyrrole nitrogens is 1. The summed E-state index contributed by atoms with van der Waals surface area (Å²) in [7, 11) is 0. The summed E-state index contributed by atoms with van der Waals surface area (Å²) in [5.74, 6) is 0.